The Morgan fingerprint density at radius 1 is 0.277 bits per heavy atom. The van der Waals surface area contributed by atoms with E-state index in [0.29, 0.717) is 0 Å². The highest BCUT2D eigenvalue weighted by atomic mass is 15.1. The number of benzene rings is 13. The molecule has 2 heteroatoms. The van der Waals surface area contributed by atoms with Crippen molar-refractivity contribution in [3.05, 3.63) is 346 Å². The monoisotopic (exact) mass is 1060 g/mol. The molecule has 0 aliphatic rings. The van der Waals surface area contributed by atoms with Crippen LogP contribution in [0.4, 0.5) is 34.1 Å². The van der Waals surface area contributed by atoms with E-state index in [9.17, 15) is 0 Å². The van der Waals surface area contributed by atoms with Gasteiger partial charge < -0.3 is 9.80 Å². The molecule has 13 rings (SSSR count). The number of hydrogen-bond acceptors (Lipinski definition) is 2. The summed E-state index contributed by atoms with van der Waals surface area (Å²) in [7, 11) is 0. The van der Waals surface area contributed by atoms with E-state index >= 15 is 0 Å². The molecule has 394 valence electrons. The molecule has 0 amide bonds. The minimum Gasteiger partial charge on any atom is -0.310 e. The van der Waals surface area contributed by atoms with Crippen LogP contribution in [0.1, 0.15) is 12.5 Å². The summed E-state index contributed by atoms with van der Waals surface area (Å²) in [4.78, 5) is 4.76. The summed E-state index contributed by atoms with van der Waals surface area (Å²) in [5, 5.41) is 4.94. The van der Waals surface area contributed by atoms with Crippen molar-refractivity contribution >= 4 is 61.2 Å². The highest BCUT2D eigenvalue weighted by molar-refractivity contribution is 5.99. The van der Waals surface area contributed by atoms with Crippen LogP contribution in [0.5, 0.6) is 0 Å². The number of hydrogen-bond donors (Lipinski definition) is 0. The molecule has 2 nitrogen and oxygen atoms in total. The van der Waals surface area contributed by atoms with Crippen LogP contribution in [-0.4, -0.2) is 0 Å². The van der Waals surface area contributed by atoms with E-state index in [1.807, 2.05) is 19.1 Å². The quantitative estimate of drug-likeness (QED) is 0.0944. The van der Waals surface area contributed by atoms with Crippen LogP contribution < -0.4 is 9.80 Å². The molecule has 0 aromatic heterocycles. The Labute approximate surface area is 487 Å². The van der Waals surface area contributed by atoms with Gasteiger partial charge in [0.25, 0.3) is 0 Å². The normalized spacial score (nSPS) is 11.4. The first kappa shape index (κ1) is 51.6. The molecule has 13 aromatic rings. The summed E-state index contributed by atoms with van der Waals surface area (Å²) in [6.45, 7) is 6.59. The lowest BCUT2D eigenvalue weighted by Gasteiger charge is -2.28. The van der Waals surface area contributed by atoms with Gasteiger partial charge in [0.15, 0.2) is 0 Å². The highest BCUT2D eigenvalue weighted by Crippen LogP contribution is 2.44. The lowest BCUT2D eigenvalue weighted by atomic mass is 9.96. The van der Waals surface area contributed by atoms with Crippen LogP contribution in [-0.2, 0) is 0 Å². The molecule has 0 aliphatic carbocycles. The van der Waals surface area contributed by atoms with Gasteiger partial charge >= 0.3 is 0 Å². The van der Waals surface area contributed by atoms with Gasteiger partial charge in [-0.15, -0.1) is 0 Å². The molecule has 0 saturated heterocycles. The number of fused-ring (bicyclic) bond motifs is 2. The van der Waals surface area contributed by atoms with E-state index in [1.165, 1.54) is 54.9 Å². The summed E-state index contributed by atoms with van der Waals surface area (Å²) in [6, 6.07) is 112. The van der Waals surface area contributed by atoms with Gasteiger partial charge in [0.1, 0.15) is 0 Å². The number of nitrogens with zero attached hydrogens (tertiary/aromatic N) is 2. The second kappa shape index (κ2) is 23.5. The molecule has 83 heavy (non-hydrogen) atoms. The van der Waals surface area contributed by atoms with Gasteiger partial charge in [-0.2, -0.15) is 0 Å². The van der Waals surface area contributed by atoms with Crippen LogP contribution in [0.15, 0.2) is 340 Å². The highest BCUT2D eigenvalue weighted by Gasteiger charge is 2.20. The van der Waals surface area contributed by atoms with Gasteiger partial charge in [0.05, 0.1) is 0 Å². The average Bonchev–Trinajstić information content (AvgIpc) is 3.74. The molecule has 13 aromatic carbocycles. The zero-order valence-electron chi connectivity index (χ0n) is 46.4. The fourth-order valence-corrected chi connectivity index (χ4v) is 11.5. The third-order valence-electron chi connectivity index (χ3n) is 15.7. The van der Waals surface area contributed by atoms with Crippen molar-refractivity contribution in [2.45, 2.75) is 6.92 Å². The Morgan fingerprint density at radius 3 is 1.02 bits per heavy atom. The summed E-state index contributed by atoms with van der Waals surface area (Å²) in [6.07, 6.45) is 8.22. The number of allylic oxidation sites excluding steroid dienone is 5. The first-order chi connectivity index (χ1) is 41.0. The fraction of sp³-hybridized carbons (Fsp3) is 0.0123. The van der Waals surface area contributed by atoms with Crippen molar-refractivity contribution in [3.8, 4) is 66.8 Å². The molecule has 0 aliphatic heterocycles. The maximum atomic E-state index is 4.56. The Bertz CT molecular complexity index is 4400. The third kappa shape index (κ3) is 11.0. The molecule has 0 bridgehead atoms. The van der Waals surface area contributed by atoms with E-state index < -0.39 is 0 Å². The van der Waals surface area contributed by atoms with Crippen molar-refractivity contribution in [2.24, 2.45) is 0 Å². The topological polar surface area (TPSA) is 6.48 Å². The Balaban J connectivity index is 0.897. The zero-order valence-corrected chi connectivity index (χ0v) is 46.4. The van der Waals surface area contributed by atoms with Crippen molar-refractivity contribution in [1.82, 2.24) is 0 Å². The average molecular weight is 1060 g/mol. The smallest absolute Gasteiger partial charge is 0.0473 e. The van der Waals surface area contributed by atoms with E-state index in [4.69, 9.17) is 0 Å². The molecule has 0 radical (unpaired) electrons. The van der Waals surface area contributed by atoms with E-state index in [0.717, 1.165) is 78.6 Å². The maximum absolute atomic E-state index is 4.56. The maximum Gasteiger partial charge on any atom is 0.0473 e. The fourth-order valence-electron chi connectivity index (χ4n) is 11.5. The molecular weight excluding hydrogens is 1000 g/mol. The van der Waals surface area contributed by atoms with Gasteiger partial charge in [0, 0.05) is 34.1 Å². The van der Waals surface area contributed by atoms with Crippen LogP contribution in [0, 0.1) is 0 Å². The molecule has 0 fully saturated rings. The first-order valence-electron chi connectivity index (χ1n) is 28.4. The standard InChI is InChI=1S/C81H60N2/c1-3-4-8-21-58(2)68-52-69(59-22-9-5-10-23-59)55-76(54-68)82(74-48-40-66(41-49-74)80-34-19-30-64-28-15-17-32-78(64)80)72-44-36-62(37-45-72)63-38-46-73(47-39-63)83(75-50-42-67(43-51-75)81-35-20-31-65-29-16-18-33-79(65)81)77-56-70(60-24-11-6-12-25-60)53-71(57-77)61-26-13-7-14-27-61/h3-57H,2H2,1H3/b4-3-,21-8-. The molecule has 0 spiro atoms. The summed E-state index contributed by atoms with van der Waals surface area (Å²) in [5.41, 5.74) is 22.2. The summed E-state index contributed by atoms with van der Waals surface area (Å²) < 4.78 is 0. The predicted molar refractivity (Wildman–Crippen MR) is 356 cm³/mol. The molecule has 0 heterocycles. The largest absolute Gasteiger partial charge is 0.310 e. The van der Waals surface area contributed by atoms with E-state index in [2.05, 4.69) is 338 Å². The minimum atomic E-state index is 0.934. The molecular formula is C81H60N2. The van der Waals surface area contributed by atoms with Crippen LogP contribution in [0.2, 0.25) is 0 Å². The minimum absolute atomic E-state index is 0.934. The lowest BCUT2D eigenvalue weighted by Crippen LogP contribution is -2.11. The lowest BCUT2D eigenvalue weighted by molar-refractivity contribution is 1.28. The number of rotatable bonds is 15. The Morgan fingerprint density at radius 2 is 0.614 bits per heavy atom. The molecule has 0 atom stereocenters. The SMILES string of the molecule is C=C(/C=C\C=C/C)c1cc(-c2ccccc2)cc(N(c2ccc(-c3ccc(N(c4ccc(-c5cccc6ccccc56)cc4)c4cc(-c5ccccc5)cc(-c5ccccc5)c4)cc3)cc2)c2ccc(-c3cccc4ccccc34)cc2)c1. The Hall–Kier alpha value is -10.8. The van der Waals surface area contributed by atoms with Crippen molar-refractivity contribution in [3.63, 3.8) is 0 Å². The van der Waals surface area contributed by atoms with Crippen LogP contribution in [0.25, 0.3) is 93.9 Å². The second-order valence-electron chi connectivity index (χ2n) is 21.0. The summed E-state index contributed by atoms with van der Waals surface area (Å²) >= 11 is 0. The van der Waals surface area contributed by atoms with Gasteiger partial charge in [-0.3, -0.25) is 0 Å². The predicted octanol–water partition coefficient (Wildman–Crippen LogP) is 23.1. The van der Waals surface area contributed by atoms with Crippen molar-refractivity contribution in [1.29, 1.82) is 0 Å². The Kier molecular flexibility index (Phi) is 14.6. The van der Waals surface area contributed by atoms with Crippen molar-refractivity contribution in [2.75, 3.05) is 9.80 Å². The van der Waals surface area contributed by atoms with E-state index in [1.54, 1.807) is 0 Å². The zero-order chi connectivity index (χ0) is 55.9. The van der Waals surface area contributed by atoms with Gasteiger partial charge in [-0.1, -0.05) is 255 Å². The third-order valence-corrected chi connectivity index (χ3v) is 15.7. The van der Waals surface area contributed by atoms with Gasteiger partial charge in [0.2, 0.25) is 0 Å². The van der Waals surface area contributed by atoms with Gasteiger partial charge in [-0.05, 0) is 191 Å². The van der Waals surface area contributed by atoms with Gasteiger partial charge in [-0.25, -0.2) is 0 Å². The summed E-state index contributed by atoms with van der Waals surface area (Å²) in [5.74, 6) is 0. The van der Waals surface area contributed by atoms with E-state index in [-0.39, 0.29) is 0 Å². The molecule has 0 saturated carbocycles. The molecule has 0 N–H and O–H groups in total. The second-order valence-corrected chi connectivity index (χ2v) is 21.0. The molecule has 0 unspecified atom stereocenters. The van der Waals surface area contributed by atoms with Crippen LogP contribution in [0.3, 0.4) is 0 Å². The first-order valence-corrected chi connectivity index (χ1v) is 28.4. The number of anilines is 6. The van der Waals surface area contributed by atoms with Crippen molar-refractivity contribution < 1.29 is 0 Å². The van der Waals surface area contributed by atoms with Crippen LogP contribution >= 0.6 is 0 Å².